The second-order valence-corrected chi connectivity index (χ2v) is 8.71. The van der Waals surface area contributed by atoms with E-state index >= 15 is 0 Å². The van der Waals surface area contributed by atoms with Gasteiger partial charge in [-0.05, 0) is 68.3 Å². The lowest BCUT2D eigenvalue weighted by molar-refractivity contribution is 0.287. The van der Waals surface area contributed by atoms with E-state index in [4.69, 9.17) is 14.2 Å². The maximum Gasteiger partial charge on any atom is 0.291 e. The van der Waals surface area contributed by atoms with Crippen LogP contribution in [-0.4, -0.2) is 34.4 Å². The van der Waals surface area contributed by atoms with Crippen molar-refractivity contribution in [1.82, 2.24) is 14.6 Å². The van der Waals surface area contributed by atoms with Gasteiger partial charge in [-0.2, -0.15) is 9.50 Å². The number of rotatable bonds is 11. The number of aromatic nitrogens is 3. The summed E-state index contributed by atoms with van der Waals surface area (Å²) in [6, 6.07) is 13.3. The molecule has 178 valence electrons. The van der Waals surface area contributed by atoms with Crippen LogP contribution in [0.3, 0.4) is 0 Å². The third kappa shape index (κ3) is 5.39. The van der Waals surface area contributed by atoms with Crippen LogP contribution >= 0.6 is 11.3 Å². The van der Waals surface area contributed by atoms with Gasteiger partial charge < -0.3 is 14.2 Å². The molecular formula is C26H29N3O4S. The molecule has 0 aliphatic rings. The van der Waals surface area contributed by atoms with Gasteiger partial charge in [0.05, 0.1) is 24.4 Å². The van der Waals surface area contributed by atoms with Crippen molar-refractivity contribution < 1.29 is 14.2 Å². The van der Waals surface area contributed by atoms with Crippen molar-refractivity contribution in [2.75, 3.05) is 19.8 Å². The van der Waals surface area contributed by atoms with Crippen molar-refractivity contribution in [3.63, 3.8) is 0 Å². The summed E-state index contributed by atoms with van der Waals surface area (Å²) in [6.07, 6.45) is 5.20. The minimum Gasteiger partial charge on any atom is -0.494 e. The van der Waals surface area contributed by atoms with Crippen LogP contribution in [0.15, 0.2) is 47.3 Å². The first-order valence-electron chi connectivity index (χ1n) is 11.7. The molecule has 0 radical (unpaired) electrons. The van der Waals surface area contributed by atoms with Gasteiger partial charge in [0.25, 0.3) is 5.56 Å². The van der Waals surface area contributed by atoms with Crippen molar-refractivity contribution in [1.29, 1.82) is 0 Å². The Bertz CT molecular complexity index is 1350. The Hall–Kier alpha value is -3.39. The molecule has 4 aromatic rings. The molecule has 34 heavy (non-hydrogen) atoms. The summed E-state index contributed by atoms with van der Waals surface area (Å²) in [6.45, 7) is 7.82. The Morgan fingerprint density at radius 2 is 1.71 bits per heavy atom. The molecule has 7 nitrogen and oxygen atoms in total. The van der Waals surface area contributed by atoms with Crippen molar-refractivity contribution in [2.45, 2.75) is 40.0 Å². The van der Waals surface area contributed by atoms with Gasteiger partial charge in [0.2, 0.25) is 4.96 Å². The second kappa shape index (κ2) is 11.2. The fraction of sp³-hybridized carbons (Fsp3) is 0.346. The molecule has 0 bridgehead atoms. The predicted octanol–water partition coefficient (Wildman–Crippen LogP) is 4.73. The highest BCUT2D eigenvalue weighted by Crippen LogP contribution is 2.29. The van der Waals surface area contributed by atoms with Crippen LogP contribution in [0.1, 0.15) is 45.6 Å². The van der Waals surface area contributed by atoms with Crippen LogP contribution in [0.2, 0.25) is 0 Å². The summed E-state index contributed by atoms with van der Waals surface area (Å²) in [5.41, 5.74) is 1.50. The molecule has 0 unspecified atom stereocenters. The van der Waals surface area contributed by atoms with E-state index in [1.807, 2.05) is 62.4 Å². The quantitative estimate of drug-likeness (QED) is 0.290. The number of ether oxygens (including phenoxy) is 3. The third-order valence-electron chi connectivity index (χ3n) is 5.18. The number of fused-ring (bicyclic) bond motifs is 1. The second-order valence-electron chi connectivity index (χ2n) is 7.70. The standard InChI is InChI=1S/C26H29N3O4S/c1-4-7-8-15-33-20-12-10-19(11-13-20)24-27-26-29(28-24)25(30)23(34-26)17-18-9-14-21(31-5-2)22(16-18)32-6-3/h9-14,16-17H,4-8,15H2,1-3H3. The fourth-order valence-electron chi connectivity index (χ4n) is 3.51. The Balaban J connectivity index is 1.56. The highest BCUT2D eigenvalue weighted by atomic mass is 32.1. The van der Waals surface area contributed by atoms with Crippen LogP contribution in [0.5, 0.6) is 17.2 Å². The molecule has 4 rings (SSSR count). The monoisotopic (exact) mass is 479 g/mol. The highest BCUT2D eigenvalue weighted by Gasteiger charge is 2.13. The summed E-state index contributed by atoms with van der Waals surface area (Å²) in [7, 11) is 0. The number of benzene rings is 2. The third-order valence-corrected chi connectivity index (χ3v) is 6.14. The van der Waals surface area contributed by atoms with E-state index in [-0.39, 0.29) is 5.56 Å². The van der Waals surface area contributed by atoms with Crippen LogP contribution in [0.25, 0.3) is 22.4 Å². The summed E-state index contributed by atoms with van der Waals surface area (Å²) in [5.74, 6) is 2.69. The lowest BCUT2D eigenvalue weighted by atomic mass is 10.2. The molecule has 0 atom stereocenters. The van der Waals surface area contributed by atoms with Crippen LogP contribution in [-0.2, 0) is 0 Å². The first-order chi connectivity index (χ1) is 16.6. The topological polar surface area (TPSA) is 75.0 Å². The molecule has 8 heteroatoms. The van der Waals surface area contributed by atoms with Crippen molar-refractivity contribution in [2.24, 2.45) is 0 Å². The fourth-order valence-corrected chi connectivity index (χ4v) is 4.41. The Morgan fingerprint density at radius 1 is 0.941 bits per heavy atom. The summed E-state index contributed by atoms with van der Waals surface area (Å²) < 4.78 is 19.0. The lowest BCUT2D eigenvalue weighted by Crippen LogP contribution is -2.23. The Labute approximate surface area is 202 Å². The summed E-state index contributed by atoms with van der Waals surface area (Å²) >= 11 is 1.31. The minimum atomic E-state index is -0.193. The van der Waals surface area contributed by atoms with Crippen molar-refractivity contribution in [3.05, 3.63) is 62.9 Å². The molecule has 2 aromatic heterocycles. The molecule has 0 N–H and O–H groups in total. The van der Waals surface area contributed by atoms with Crippen LogP contribution in [0.4, 0.5) is 0 Å². The molecule has 0 aliphatic heterocycles. The largest absolute Gasteiger partial charge is 0.494 e. The zero-order valence-corrected chi connectivity index (χ0v) is 20.6. The molecule has 0 saturated carbocycles. The number of thiazole rings is 1. The van der Waals surface area contributed by atoms with Gasteiger partial charge in [0.1, 0.15) is 5.75 Å². The summed E-state index contributed by atoms with van der Waals surface area (Å²) in [4.78, 5) is 18.1. The molecule has 0 fully saturated rings. The molecular weight excluding hydrogens is 450 g/mol. The zero-order chi connectivity index (χ0) is 23.9. The van der Waals surface area contributed by atoms with E-state index in [0.29, 0.717) is 46.6 Å². The number of hydrogen-bond acceptors (Lipinski definition) is 7. The SMILES string of the molecule is CCCCCOc1ccc(-c2nc3sc(=Cc4ccc(OCC)c(OCC)c4)c(=O)n3n2)cc1. The van der Waals surface area contributed by atoms with Crippen molar-refractivity contribution >= 4 is 22.4 Å². The average molecular weight is 480 g/mol. The summed E-state index contributed by atoms with van der Waals surface area (Å²) in [5, 5.41) is 4.44. The predicted molar refractivity (Wildman–Crippen MR) is 135 cm³/mol. The molecule has 2 heterocycles. The Kier molecular flexibility index (Phi) is 7.80. The van der Waals surface area contributed by atoms with Crippen LogP contribution < -0.4 is 24.3 Å². The van der Waals surface area contributed by atoms with Gasteiger partial charge in [-0.3, -0.25) is 4.79 Å². The highest BCUT2D eigenvalue weighted by molar-refractivity contribution is 7.15. The maximum atomic E-state index is 12.9. The minimum absolute atomic E-state index is 0.193. The van der Waals surface area contributed by atoms with E-state index in [9.17, 15) is 4.79 Å². The van der Waals surface area contributed by atoms with Crippen molar-refractivity contribution in [3.8, 4) is 28.6 Å². The van der Waals surface area contributed by atoms with Gasteiger partial charge in [-0.1, -0.05) is 37.2 Å². The van der Waals surface area contributed by atoms with Gasteiger partial charge in [0, 0.05) is 5.56 Å². The molecule has 0 aliphatic carbocycles. The Morgan fingerprint density at radius 3 is 2.41 bits per heavy atom. The zero-order valence-electron chi connectivity index (χ0n) is 19.7. The maximum absolute atomic E-state index is 12.9. The first-order valence-corrected chi connectivity index (χ1v) is 12.5. The normalized spacial score (nSPS) is 11.8. The first kappa shape index (κ1) is 23.8. The van der Waals surface area contributed by atoms with Gasteiger partial charge in [-0.15, -0.1) is 5.10 Å². The van der Waals surface area contributed by atoms with Gasteiger partial charge in [-0.25, -0.2) is 0 Å². The lowest BCUT2D eigenvalue weighted by Gasteiger charge is -2.11. The van der Waals surface area contributed by atoms with E-state index in [0.717, 1.165) is 29.7 Å². The van der Waals surface area contributed by atoms with Gasteiger partial charge >= 0.3 is 0 Å². The smallest absolute Gasteiger partial charge is 0.291 e. The van der Waals surface area contributed by atoms with Crippen LogP contribution in [0, 0.1) is 0 Å². The number of nitrogens with zero attached hydrogens (tertiary/aromatic N) is 3. The van der Waals surface area contributed by atoms with E-state index < -0.39 is 0 Å². The van der Waals surface area contributed by atoms with E-state index in [1.165, 1.54) is 22.3 Å². The number of hydrogen-bond donors (Lipinski definition) is 0. The average Bonchev–Trinajstić information content (AvgIpc) is 3.38. The van der Waals surface area contributed by atoms with Gasteiger partial charge in [0.15, 0.2) is 17.3 Å². The number of unbranched alkanes of at least 4 members (excludes halogenated alkanes) is 2. The molecule has 0 saturated heterocycles. The molecule has 0 amide bonds. The molecule has 0 spiro atoms. The van der Waals surface area contributed by atoms with E-state index in [1.54, 1.807) is 0 Å². The molecule has 2 aromatic carbocycles. The van der Waals surface area contributed by atoms with E-state index in [2.05, 4.69) is 17.0 Å².